The zero-order valence-corrected chi connectivity index (χ0v) is 11.8. The van der Waals surface area contributed by atoms with E-state index in [2.05, 4.69) is 15.9 Å². The zero-order valence-electron chi connectivity index (χ0n) is 9.30. The molecule has 0 bridgehead atoms. The lowest BCUT2D eigenvalue weighted by atomic mass is 10.2. The molecule has 0 unspecified atom stereocenters. The first-order valence-corrected chi connectivity index (χ1v) is 7.92. The van der Waals surface area contributed by atoms with E-state index < -0.39 is 8.38 Å². The smallest absolute Gasteiger partial charge is 0.170 e. The number of rotatable bonds is 10. The Morgan fingerprint density at radius 2 is 1.50 bits per heavy atom. The normalized spacial score (nSPS) is 11.1. The van der Waals surface area contributed by atoms with Crippen molar-refractivity contribution in [2.75, 3.05) is 24.7 Å². The Bertz CT molecular complexity index is 108. The van der Waals surface area contributed by atoms with Crippen LogP contribution in [0, 0.1) is 0 Å². The van der Waals surface area contributed by atoms with E-state index in [1.807, 2.05) is 13.8 Å². The van der Waals surface area contributed by atoms with Gasteiger partial charge in [-0.25, -0.2) is 0 Å². The molecule has 2 nitrogen and oxygen atoms in total. The molecule has 0 saturated heterocycles. The van der Waals surface area contributed by atoms with Crippen LogP contribution in [-0.4, -0.2) is 24.7 Å². The lowest BCUT2D eigenvalue weighted by Crippen LogP contribution is -1.95. The third kappa shape index (κ3) is 9.39. The van der Waals surface area contributed by atoms with Crippen LogP contribution < -0.4 is 0 Å². The molecule has 0 saturated carbocycles. The fraction of sp³-hybridized carbons (Fsp3) is 1.00. The summed E-state index contributed by atoms with van der Waals surface area (Å²) in [6.45, 7) is 5.60. The summed E-state index contributed by atoms with van der Waals surface area (Å²) in [4.78, 5) is 0. The quantitative estimate of drug-likeness (QED) is 0.338. The highest BCUT2D eigenvalue weighted by Crippen LogP contribution is 2.38. The molecule has 0 aliphatic rings. The Kier molecular flexibility index (Phi) is 12.6. The van der Waals surface area contributed by atoms with Gasteiger partial charge in [-0.3, -0.25) is 0 Å². The molecular formula is C10H22BrO2P. The van der Waals surface area contributed by atoms with Crippen molar-refractivity contribution in [1.82, 2.24) is 0 Å². The van der Waals surface area contributed by atoms with E-state index in [1.54, 1.807) is 0 Å². The first kappa shape index (κ1) is 14.8. The van der Waals surface area contributed by atoms with E-state index in [9.17, 15) is 0 Å². The fourth-order valence-electron chi connectivity index (χ4n) is 1.14. The Morgan fingerprint density at radius 3 is 2.00 bits per heavy atom. The van der Waals surface area contributed by atoms with Gasteiger partial charge in [-0.2, -0.15) is 0 Å². The maximum absolute atomic E-state index is 5.52. The lowest BCUT2D eigenvalue weighted by Gasteiger charge is -2.15. The summed E-state index contributed by atoms with van der Waals surface area (Å²) in [7, 11) is -0.593. The van der Waals surface area contributed by atoms with Gasteiger partial charge in [0.05, 0.1) is 13.2 Å². The predicted octanol–water partition coefficient (Wildman–Crippen LogP) is 4.33. The summed E-state index contributed by atoms with van der Waals surface area (Å²) in [6.07, 6.45) is 6.22. The Hall–Kier alpha value is 0.830. The van der Waals surface area contributed by atoms with Crippen LogP contribution in [0.5, 0.6) is 0 Å². The largest absolute Gasteiger partial charge is 0.334 e. The van der Waals surface area contributed by atoms with Gasteiger partial charge in [0.2, 0.25) is 0 Å². The van der Waals surface area contributed by atoms with Gasteiger partial charge in [0.25, 0.3) is 0 Å². The lowest BCUT2D eigenvalue weighted by molar-refractivity contribution is 0.268. The van der Waals surface area contributed by atoms with Gasteiger partial charge in [-0.15, -0.1) is 0 Å². The molecule has 0 aromatic rings. The highest BCUT2D eigenvalue weighted by atomic mass is 79.9. The monoisotopic (exact) mass is 284 g/mol. The molecule has 0 amide bonds. The third-order valence-corrected chi connectivity index (χ3v) is 4.10. The summed E-state index contributed by atoms with van der Waals surface area (Å²) in [5.74, 6) is 0. The Labute approximate surface area is 97.8 Å². The minimum absolute atomic E-state index is 0.593. The van der Waals surface area contributed by atoms with E-state index in [-0.39, 0.29) is 0 Å². The summed E-state index contributed by atoms with van der Waals surface area (Å²) in [5, 5.41) is 1.12. The van der Waals surface area contributed by atoms with Gasteiger partial charge in [0.1, 0.15) is 0 Å². The topological polar surface area (TPSA) is 18.5 Å². The first-order valence-electron chi connectivity index (χ1n) is 5.44. The second-order valence-electron chi connectivity index (χ2n) is 3.00. The van der Waals surface area contributed by atoms with Gasteiger partial charge in [0, 0.05) is 11.5 Å². The molecule has 86 valence electrons. The fourth-order valence-corrected chi connectivity index (χ4v) is 2.93. The maximum atomic E-state index is 5.52. The van der Waals surface area contributed by atoms with E-state index in [0.717, 1.165) is 24.7 Å². The highest BCUT2D eigenvalue weighted by molar-refractivity contribution is 9.09. The van der Waals surface area contributed by atoms with Crippen LogP contribution in [0.25, 0.3) is 0 Å². The minimum Gasteiger partial charge on any atom is -0.334 e. The number of alkyl halides is 1. The first-order chi connectivity index (χ1) is 6.85. The molecule has 0 rings (SSSR count). The van der Waals surface area contributed by atoms with E-state index in [1.165, 1.54) is 25.7 Å². The van der Waals surface area contributed by atoms with Crippen LogP contribution in [0.15, 0.2) is 0 Å². The predicted molar refractivity (Wildman–Crippen MR) is 67.3 cm³/mol. The molecule has 0 radical (unpaired) electrons. The SMILES string of the molecule is CCOP(CCCCCCBr)OCC. The number of hydrogen-bond donors (Lipinski definition) is 0. The summed E-state index contributed by atoms with van der Waals surface area (Å²) >= 11 is 3.43. The molecule has 0 aromatic heterocycles. The van der Waals surface area contributed by atoms with Crippen molar-refractivity contribution in [3.63, 3.8) is 0 Å². The van der Waals surface area contributed by atoms with Crippen LogP contribution in [0.4, 0.5) is 0 Å². The Morgan fingerprint density at radius 1 is 0.929 bits per heavy atom. The molecule has 0 fully saturated rings. The molecule has 0 aliphatic heterocycles. The molecule has 0 heterocycles. The molecule has 0 aliphatic carbocycles. The zero-order chi connectivity index (χ0) is 10.6. The van der Waals surface area contributed by atoms with Crippen LogP contribution >= 0.6 is 24.3 Å². The van der Waals surface area contributed by atoms with Crippen molar-refractivity contribution in [3.05, 3.63) is 0 Å². The van der Waals surface area contributed by atoms with Crippen LogP contribution in [0.1, 0.15) is 39.5 Å². The number of hydrogen-bond acceptors (Lipinski definition) is 2. The van der Waals surface area contributed by atoms with Crippen LogP contribution in [-0.2, 0) is 9.05 Å². The average molecular weight is 285 g/mol. The summed E-state index contributed by atoms with van der Waals surface area (Å²) < 4.78 is 11.0. The molecule has 0 spiro atoms. The maximum Gasteiger partial charge on any atom is 0.170 e. The van der Waals surface area contributed by atoms with Crippen molar-refractivity contribution in [2.45, 2.75) is 39.5 Å². The molecule has 14 heavy (non-hydrogen) atoms. The van der Waals surface area contributed by atoms with Crippen molar-refractivity contribution in [2.24, 2.45) is 0 Å². The standard InChI is InChI=1S/C10H22BrO2P/c1-3-12-14(13-4-2)10-8-6-5-7-9-11/h3-10H2,1-2H3. The minimum atomic E-state index is -0.593. The summed E-state index contributed by atoms with van der Waals surface area (Å²) in [5.41, 5.74) is 0. The molecule has 4 heteroatoms. The van der Waals surface area contributed by atoms with Crippen LogP contribution in [0.2, 0.25) is 0 Å². The van der Waals surface area contributed by atoms with E-state index in [0.29, 0.717) is 0 Å². The molecular weight excluding hydrogens is 263 g/mol. The summed E-state index contributed by atoms with van der Waals surface area (Å²) in [6, 6.07) is 0. The molecule has 0 atom stereocenters. The third-order valence-electron chi connectivity index (χ3n) is 1.77. The highest BCUT2D eigenvalue weighted by Gasteiger charge is 2.07. The molecule has 0 N–H and O–H groups in total. The average Bonchev–Trinajstić information content (AvgIpc) is 2.18. The second-order valence-corrected chi connectivity index (χ2v) is 5.42. The van der Waals surface area contributed by atoms with E-state index in [4.69, 9.17) is 9.05 Å². The number of unbranched alkanes of at least 4 members (excludes halogenated alkanes) is 3. The van der Waals surface area contributed by atoms with Gasteiger partial charge in [-0.1, -0.05) is 28.8 Å². The van der Waals surface area contributed by atoms with Gasteiger partial charge in [-0.05, 0) is 26.7 Å². The van der Waals surface area contributed by atoms with Crippen molar-refractivity contribution in [1.29, 1.82) is 0 Å². The Balaban J connectivity index is 3.30. The second kappa shape index (κ2) is 11.9. The van der Waals surface area contributed by atoms with Gasteiger partial charge >= 0.3 is 0 Å². The van der Waals surface area contributed by atoms with Crippen LogP contribution in [0.3, 0.4) is 0 Å². The van der Waals surface area contributed by atoms with Crippen molar-refractivity contribution < 1.29 is 9.05 Å². The van der Waals surface area contributed by atoms with E-state index >= 15 is 0 Å². The van der Waals surface area contributed by atoms with Crippen molar-refractivity contribution in [3.8, 4) is 0 Å². The van der Waals surface area contributed by atoms with Gasteiger partial charge < -0.3 is 9.05 Å². The molecule has 0 aromatic carbocycles. The van der Waals surface area contributed by atoms with Crippen molar-refractivity contribution >= 4 is 24.3 Å². The number of halogens is 1. The van der Waals surface area contributed by atoms with Gasteiger partial charge in [0.15, 0.2) is 8.38 Å².